The maximum atomic E-state index is 12.5. The molecule has 3 aromatic rings. The fourth-order valence-electron chi connectivity index (χ4n) is 2.78. The van der Waals surface area contributed by atoms with Gasteiger partial charge in [0.05, 0.1) is 5.56 Å². The van der Waals surface area contributed by atoms with Crippen LogP contribution in [0.4, 0.5) is 5.69 Å². The molecule has 0 saturated carbocycles. The maximum absolute atomic E-state index is 12.5. The van der Waals surface area contributed by atoms with E-state index in [2.05, 4.69) is 0 Å². The summed E-state index contributed by atoms with van der Waals surface area (Å²) >= 11 is 0. The highest BCUT2D eigenvalue weighted by Crippen LogP contribution is 2.22. The summed E-state index contributed by atoms with van der Waals surface area (Å²) in [5.41, 5.74) is 2.92. The van der Waals surface area contributed by atoms with E-state index in [1.165, 1.54) is 4.90 Å². The highest BCUT2D eigenvalue weighted by molar-refractivity contribution is 5.98. The first-order chi connectivity index (χ1) is 13.5. The van der Waals surface area contributed by atoms with Gasteiger partial charge in [-0.05, 0) is 54.4 Å². The number of para-hydroxylation sites is 1. The first kappa shape index (κ1) is 19.2. The molecular weight excluding hydrogens is 354 g/mol. The summed E-state index contributed by atoms with van der Waals surface area (Å²) in [7, 11) is 1.65. The van der Waals surface area contributed by atoms with E-state index in [-0.39, 0.29) is 11.7 Å². The SMILES string of the molecule is C[C@H](OC(=O)c1ccc(-c2ccc(O)cc2)cc1)C(=O)N(C)c1ccccc1. The van der Waals surface area contributed by atoms with Crippen molar-refractivity contribution >= 4 is 17.6 Å². The zero-order valence-electron chi connectivity index (χ0n) is 15.7. The van der Waals surface area contributed by atoms with Gasteiger partial charge in [-0.1, -0.05) is 42.5 Å². The Hall–Kier alpha value is -3.60. The van der Waals surface area contributed by atoms with Crippen LogP contribution in [0.25, 0.3) is 11.1 Å². The molecule has 0 bridgehead atoms. The number of amides is 1. The smallest absolute Gasteiger partial charge is 0.338 e. The zero-order valence-corrected chi connectivity index (χ0v) is 15.7. The number of hydrogen-bond acceptors (Lipinski definition) is 4. The second kappa shape index (κ2) is 8.39. The van der Waals surface area contributed by atoms with E-state index in [4.69, 9.17) is 4.74 Å². The van der Waals surface area contributed by atoms with E-state index in [1.807, 2.05) is 30.3 Å². The van der Waals surface area contributed by atoms with Crippen LogP contribution in [0.3, 0.4) is 0 Å². The van der Waals surface area contributed by atoms with Crippen LogP contribution in [-0.4, -0.2) is 30.1 Å². The van der Waals surface area contributed by atoms with Crippen LogP contribution in [0.5, 0.6) is 5.75 Å². The molecule has 142 valence electrons. The van der Waals surface area contributed by atoms with Crippen LogP contribution in [0, 0.1) is 0 Å². The molecule has 1 atom stereocenters. The first-order valence-corrected chi connectivity index (χ1v) is 8.89. The summed E-state index contributed by atoms with van der Waals surface area (Å²) in [5.74, 6) is -0.664. The number of rotatable bonds is 5. The van der Waals surface area contributed by atoms with Gasteiger partial charge in [0.25, 0.3) is 5.91 Å². The quantitative estimate of drug-likeness (QED) is 0.677. The molecule has 0 aliphatic heterocycles. The Morgan fingerprint density at radius 1 is 0.857 bits per heavy atom. The Labute approximate surface area is 163 Å². The van der Waals surface area contributed by atoms with Crippen molar-refractivity contribution in [3.8, 4) is 16.9 Å². The Morgan fingerprint density at radius 3 is 1.96 bits per heavy atom. The van der Waals surface area contributed by atoms with E-state index in [9.17, 15) is 14.7 Å². The lowest BCUT2D eigenvalue weighted by atomic mass is 10.0. The normalized spacial score (nSPS) is 11.5. The standard InChI is InChI=1S/C23H21NO4/c1-16(22(26)24(2)20-6-4-3-5-7-20)28-23(27)19-10-8-17(9-11-19)18-12-14-21(25)15-13-18/h3-16,25H,1-2H3/t16-/m0/s1. The minimum absolute atomic E-state index is 0.197. The molecule has 1 N–H and O–H groups in total. The number of esters is 1. The molecule has 5 nitrogen and oxygen atoms in total. The number of anilines is 1. The first-order valence-electron chi connectivity index (χ1n) is 8.89. The van der Waals surface area contributed by atoms with Crippen LogP contribution in [0.2, 0.25) is 0 Å². The Morgan fingerprint density at radius 2 is 1.39 bits per heavy atom. The number of benzene rings is 3. The van der Waals surface area contributed by atoms with Crippen LogP contribution in [0.1, 0.15) is 17.3 Å². The summed E-state index contributed by atoms with van der Waals surface area (Å²) < 4.78 is 5.34. The number of hydrogen-bond donors (Lipinski definition) is 1. The molecule has 3 rings (SSSR count). The minimum Gasteiger partial charge on any atom is -0.508 e. The number of carbonyl (C=O) groups is 2. The van der Waals surface area contributed by atoms with E-state index in [0.29, 0.717) is 5.56 Å². The number of aromatic hydroxyl groups is 1. The molecule has 0 unspecified atom stereocenters. The van der Waals surface area contributed by atoms with Gasteiger partial charge in [-0.2, -0.15) is 0 Å². The van der Waals surface area contributed by atoms with Crippen molar-refractivity contribution in [2.24, 2.45) is 0 Å². The zero-order chi connectivity index (χ0) is 20.1. The van der Waals surface area contributed by atoms with E-state index in [0.717, 1.165) is 16.8 Å². The molecule has 0 fully saturated rings. The van der Waals surface area contributed by atoms with Crippen LogP contribution in [-0.2, 0) is 9.53 Å². The minimum atomic E-state index is -0.908. The maximum Gasteiger partial charge on any atom is 0.338 e. The topological polar surface area (TPSA) is 66.8 Å². The molecule has 1 amide bonds. The fourth-order valence-corrected chi connectivity index (χ4v) is 2.78. The van der Waals surface area contributed by atoms with Crippen LogP contribution >= 0.6 is 0 Å². The molecular formula is C23H21NO4. The third-order valence-corrected chi connectivity index (χ3v) is 4.43. The predicted molar refractivity (Wildman–Crippen MR) is 108 cm³/mol. The van der Waals surface area contributed by atoms with Crippen molar-refractivity contribution in [3.63, 3.8) is 0 Å². The number of carbonyl (C=O) groups excluding carboxylic acids is 2. The summed E-state index contributed by atoms with van der Waals surface area (Å²) in [6, 6.07) is 22.9. The highest BCUT2D eigenvalue weighted by atomic mass is 16.5. The molecule has 0 aliphatic rings. The van der Waals surface area contributed by atoms with E-state index < -0.39 is 12.1 Å². The van der Waals surface area contributed by atoms with Crippen molar-refractivity contribution in [1.29, 1.82) is 0 Å². The lowest BCUT2D eigenvalue weighted by molar-refractivity contribution is -0.126. The second-order valence-electron chi connectivity index (χ2n) is 6.40. The van der Waals surface area contributed by atoms with Gasteiger partial charge in [0.2, 0.25) is 0 Å². The Balaban J connectivity index is 1.65. The summed E-state index contributed by atoms with van der Waals surface area (Å²) in [6.07, 6.45) is -0.908. The highest BCUT2D eigenvalue weighted by Gasteiger charge is 2.23. The van der Waals surface area contributed by atoms with Gasteiger partial charge >= 0.3 is 5.97 Å². The average Bonchev–Trinajstić information content (AvgIpc) is 2.74. The van der Waals surface area contributed by atoms with Gasteiger partial charge in [0.15, 0.2) is 6.10 Å². The van der Waals surface area contributed by atoms with Crippen molar-refractivity contribution in [1.82, 2.24) is 0 Å². The number of phenolic OH excluding ortho intramolecular Hbond substituents is 1. The Kier molecular flexibility index (Phi) is 5.75. The monoisotopic (exact) mass is 375 g/mol. The number of likely N-dealkylation sites (N-methyl/N-ethyl adjacent to an activating group) is 1. The van der Waals surface area contributed by atoms with E-state index in [1.54, 1.807) is 62.5 Å². The number of ether oxygens (including phenoxy) is 1. The van der Waals surface area contributed by atoms with Gasteiger partial charge < -0.3 is 14.7 Å². The van der Waals surface area contributed by atoms with Crippen molar-refractivity contribution in [3.05, 3.63) is 84.4 Å². The van der Waals surface area contributed by atoms with Crippen LogP contribution in [0.15, 0.2) is 78.9 Å². The van der Waals surface area contributed by atoms with E-state index >= 15 is 0 Å². The summed E-state index contributed by atoms with van der Waals surface area (Å²) in [6.45, 7) is 1.56. The third kappa shape index (κ3) is 4.38. The van der Waals surface area contributed by atoms with Crippen molar-refractivity contribution in [2.45, 2.75) is 13.0 Å². The van der Waals surface area contributed by atoms with Gasteiger partial charge in [-0.25, -0.2) is 4.79 Å². The molecule has 28 heavy (non-hydrogen) atoms. The molecule has 0 aromatic heterocycles. The summed E-state index contributed by atoms with van der Waals surface area (Å²) in [5, 5.41) is 9.37. The Bertz CT molecular complexity index is 950. The van der Waals surface area contributed by atoms with Crippen molar-refractivity contribution in [2.75, 3.05) is 11.9 Å². The van der Waals surface area contributed by atoms with Crippen molar-refractivity contribution < 1.29 is 19.4 Å². The van der Waals surface area contributed by atoms with Crippen LogP contribution < -0.4 is 4.90 Å². The fraction of sp³-hybridized carbons (Fsp3) is 0.130. The molecule has 0 aliphatic carbocycles. The molecule has 3 aromatic carbocycles. The molecule has 5 heteroatoms. The molecule has 0 spiro atoms. The largest absolute Gasteiger partial charge is 0.508 e. The summed E-state index contributed by atoms with van der Waals surface area (Å²) in [4.78, 5) is 26.4. The van der Waals surface area contributed by atoms with Gasteiger partial charge in [0, 0.05) is 12.7 Å². The second-order valence-corrected chi connectivity index (χ2v) is 6.40. The molecule has 0 saturated heterocycles. The van der Waals surface area contributed by atoms with Gasteiger partial charge in [-0.15, -0.1) is 0 Å². The molecule has 0 radical (unpaired) electrons. The average molecular weight is 375 g/mol. The lowest BCUT2D eigenvalue weighted by Crippen LogP contribution is -2.37. The lowest BCUT2D eigenvalue weighted by Gasteiger charge is -2.21. The number of phenols is 1. The van der Waals surface area contributed by atoms with Gasteiger partial charge in [0.1, 0.15) is 5.75 Å². The third-order valence-electron chi connectivity index (χ3n) is 4.43. The van der Waals surface area contributed by atoms with Gasteiger partial charge in [-0.3, -0.25) is 4.79 Å². The molecule has 0 heterocycles. The number of nitrogens with zero attached hydrogens (tertiary/aromatic N) is 1. The predicted octanol–water partition coefficient (Wildman–Crippen LogP) is 4.27.